The number of phosphoric ester groups is 1. The summed E-state index contributed by atoms with van der Waals surface area (Å²) in [6.45, 7) is 3.55. The molecule has 0 spiro atoms. The lowest BCUT2D eigenvalue weighted by molar-refractivity contribution is -0.161. The normalized spacial score (nSPS) is 13.6. The molecule has 2 atom stereocenters. The first-order valence-corrected chi connectivity index (χ1v) is 35.9. The maximum Gasteiger partial charge on any atom is 0.472 e. The fourth-order valence-electron chi connectivity index (χ4n) is 9.66. The zero-order valence-corrected chi connectivity index (χ0v) is 54.5. The Labute approximate surface area is 511 Å². The predicted octanol–water partition coefficient (Wildman–Crippen LogP) is 22.5. The molecule has 0 aromatic rings. The maximum atomic E-state index is 12.8. The Morgan fingerprint density at radius 2 is 0.627 bits per heavy atom. The number of esters is 2. The minimum Gasteiger partial charge on any atom is -0.462 e. The van der Waals surface area contributed by atoms with Crippen molar-refractivity contribution in [2.45, 2.75) is 315 Å². The summed E-state index contributed by atoms with van der Waals surface area (Å²) in [5, 5.41) is 0. The molecule has 9 nitrogen and oxygen atoms in total. The molecule has 83 heavy (non-hydrogen) atoms. The number of hydrogen-bond acceptors (Lipinski definition) is 8. The van der Waals surface area contributed by atoms with Crippen molar-refractivity contribution in [3.63, 3.8) is 0 Å². The van der Waals surface area contributed by atoms with Crippen LogP contribution >= 0.6 is 7.82 Å². The van der Waals surface area contributed by atoms with Gasteiger partial charge in [-0.2, -0.15) is 0 Å². The number of carbonyl (C=O) groups excluding carboxylic acids is 2. The van der Waals surface area contributed by atoms with E-state index in [0.717, 1.165) is 96.3 Å². The molecule has 0 rings (SSSR count). The number of allylic oxidation sites excluding steroid dienone is 18. The summed E-state index contributed by atoms with van der Waals surface area (Å²) in [4.78, 5) is 35.3. The molecule has 2 unspecified atom stereocenters. The average Bonchev–Trinajstić information content (AvgIpc) is 3.49. The number of unbranched alkanes of at least 4 members (excludes halogenated alkanes) is 33. The zero-order valence-electron chi connectivity index (χ0n) is 53.7. The molecule has 0 saturated heterocycles. The fourth-order valence-corrected chi connectivity index (χ4v) is 10.4. The van der Waals surface area contributed by atoms with Crippen LogP contribution in [0.1, 0.15) is 309 Å². The fraction of sp³-hybridized carbons (Fsp3) is 0.726. The molecule has 0 fully saturated rings. The van der Waals surface area contributed by atoms with Crippen LogP contribution in [-0.2, 0) is 32.7 Å². The van der Waals surface area contributed by atoms with Crippen molar-refractivity contribution in [3.05, 3.63) is 109 Å². The van der Waals surface area contributed by atoms with E-state index in [1.54, 1.807) is 0 Å². The van der Waals surface area contributed by atoms with E-state index in [-0.39, 0.29) is 38.6 Å². The summed E-state index contributed by atoms with van der Waals surface area (Å²) in [5.74, 6) is -0.821. The van der Waals surface area contributed by atoms with Crippen molar-refractivity contribution in [2.24, 2.45) is 5.73 Å². The van der Waals surface area contributed by atoms with Crippen molar-refractivity contribution >= 4 is 19.8 Å². The Kier molecular flexibility index (Phi) is 65.1. The topological polar surface area (TPSA) is 134 Å². The molecule has 0 aromatic carbocycles. The van der Waals surface area contributed by atoms with Gasteiger partial charge in [-0.1, -0.05) is 309 Å². The van der Waals surface area contributed by atoms with Crippen molar-refractivity contribution < 1.29 is 37.6 Å². The predicted molar refractivity (Wildman–Crippen MR) is 358 cm³/mol. The molecule has 0 saturated carbocycles. The van der Waals surface area contributed by atoms with Gasteiger partial charge in [0.1, 0.15) is 6.61 Å². The van der Waals surface area contributed by atoms with Crippen molar-refractivity contribution in [3.8, 4) is 0 Å². The van der Waals surface area contributed by atoms with Crippen LogP contribution in [0, 0.1) is 0 Å². The molecule has 0 aliphatic carbocycles. The van der Waals surface area contributed by atoms with E-state index in [4.69, 9.17) is 24.3 Å². The van der Waals surface area contributed by atoms with E-state index in [2.05, 4.69) is 123 Å². The first kappa shape index (κ1) is 79.7. The molecule has 478 valence electrons. The van der Waals surface area contributed by atoms with Crippen LogP contribution in [0.3, 0.4) is 0 Å². The Bertz CT molecular complexity index is 1730. The summed E-state index contributed by atoms with van der Waals surface area (Å²) in [7, 11) is -4.40. The zero-order chi connectivity index (χ0) is 60.1. The molecule has 0 aliphatic rings. The molecule has 0 radical (unpaired) electrons. The minimum absolute atomic E-state index is 0.0509. The van der Waals surface area contributed by atoms with Crippen LogP contribution in [0.25, 0.3) is 0 Å². The van der Waals surface area contributed by atoms with E-state index in [1.807, 2.05) is 0 Å². The van der Waals surface area contributed by atoms with E-state index in [1.165, 1.54) is 180 Å². The molecule has 0 aromatic heterocycles. The number of phosphoric acid groups is 1. The van der Waals surface area contributed by atoms with Gasteiger partial charge in [-0.05, 0) is 96.3 Å². The lowest BCUT2D eigenvalue weighted by atomic mass is 10.0. The third kappa shape index (κ3) is 67.7. The van der Waals surface area contributed by atoms with Gasteiger partial charge in [0.2, 0.25) is 0 Å². The number of rotatable bonds is 64. The summed E-state index contributed by atoms with van der Waals surface area (Å²) in [6.07, 6.45) is 93.2. The summed E-state index contributed by atoms with van der Waals surface area (Å²) in [6, 6.07) is 0. The quantitative estimate of drug-likeness (QED) is 0.0264. The van der Waals surface area contributed by atoms with Gasteiger partial charge in [0.15, 0.2) is 6.10 Å². The second-order valence-corrected chi connectivity index (χ2v) is 24.1. The van der Waals surface area contributed by atoms with Crippen molar-refractivity contribution in [2.75, 3.05) is 26.4 Å². The maximum absolute atomic E-state index is 12.8. The lowest BCUT2D eigenvalue weighted by Crippen LogP contribution is -2.29. The van der Waals surface area contributed by atoms with Gasteiger partial charge in [0.25, 0.3) is 0 Å². The summed E-state index contributed by atoms with van der Waals surface area (Å²) in [5.41, 5.74) is 5.40. The molecule has 0 heterocycles. The molecule has 0 aliphatic heterocycles. The van der Waals surface area contributed by atoms with E-state index in [0.29, 0.717) is 6.42 Å². The third-order valence-corrected chi connectivity index (χ3v) is 15.6. The number of carbonyl (C=O) groups is 2. The van der Waals surface area contributed by atoms with Crippen molar-refractivity contribution in [1.82, 2.24) is 0 Å². The molecule has 10 heteroatoms. The van der Waals surface area contributed by atoms with Gasteiger partial charge in [-0.3, -0.25) is 18.6 Å². The highest BCUT2D eigenvalue weighted by Gasteiger charge is 2.26. The Morgan fingerprint density at radius 1 is 0.361 bits per heavy atom. The Morgan fingerprint density at radius 3 is 0.928 bits per heavy atom. The molecule has 3 N–H and O–H groups in total. The smallest absolute Gasteiger partial charge is 0.462 e. The van der Waals surface area contributed by atoms with Crippen LogP contribution in [0.2, 0.25) is 0 Å². The van der Waals surface area contributed by atoms with Crippen molar-refractivity contribution in [1.29, 1.82) is 0 Å². The van der Waals surface area contributed by atoms with E-state index < -0.39 is 26.5 Å². The number of hydrogen-bond donors (Lipinski definition) is 2. The molecular formula is C73H128NO8P. The van der Waals surface area contributed by atoms with Gasteiger partial charge < -0.3 is 20.1 Å². The molecular weight excluding hydrogens is 1050 g/mol. The van der Waals surface area contributed by atoms with Crippen LogP contribution < -0.4 is 5.73 Å². The van der Waals surface area contributed by atoms with Gasteiger partial charge >= 0.3 is 19.8 Å². The van der Waals surface area contributed by atoms with Crippen LogP contribution in [0.5, 0.6) is 0 Å². The van der Waals surface area contributed by atoms with Crippen LogP contribution in [0.15, 0.2) is 109 Å². The minimum atomic E-state index is -4.40. The average molecular weight is 1180 g/mol. The van der Waals surface area contributed by atoms with Gasteiger partial charge in [0, 0.05) is 19.4 Å². The SMILES string of the molecule is CC/C=C\C/C=C\C/C=C\C/C=C\C/C=C\CCCCCCCCCCCCCCCCCCCCCCCC(=O)OC(COC(=O)CCCCCCCCCCCCCC/C=C\C/C=C\C/C=C\C/C=C\CC)COP(=O)(O)OCCN. The third-order valence-electron chi connectivity index (χ3n) is 14.7. The van der Waals surface area contributed by atoms with Gasteiger partial charge in [-0.25, -0.2) is 4.57 Å². The highest BCUT2D eigenvalue weighted by molar-refractivity contribution is 7.47. The molecule has 0 bridgehead atoms. The monoisotopic (exact) mass is 1180 g/mol. The van der Waals surface area contributed by atoms with E-state index >= 15 is 0 Å². The van der Waals surface area contributed by atoms with Gasteiger partial charge in [0.05, 0.1) is 13.2 Å². The second kappa shape index (κ2) is 67.8. The standard InChI is InChI=1S/C73H128NO8P/c1-3-5-7-9-11-13-15-17-19-21-23-25-27-29-30-31-32-33-34-35-36-37-38-39-40-42-44-46-48-50-52-54-56-58-60-62-64-66-73(76)82-71(70-81-83(77,78)80-68-67-74)69-79-72(75)65-63-61-59-57-55-53-51-49-47-45-43-41-28-26-24-22-20-18-16-14-12-10-8-6-4-2/h5-8,11-14,17-20,23-26,29-30,71H,3-4,9-10,15-16,21-22,27-28,31-70,74H2,1-2H3,(H,77,78)/b7-5-,8-6-,13-11-,14-12-,19-17-,20-18-,25-23-,26-24-,30-29-. The first-order valence-electron chi connectivity index (χ1n) is 34.4. The largest absolute Gasteiger partial charge is 0.472 e. The second-order valence-electron chi connectivity index (χ2n) is 22.6. The Hall–Kier alpha value is -3.33. The molecule has 0 amide bonds. The number of ether oxygens (including phenoxy) is 2. The number of nitrogens with two attached hydrogens (primary N) is 1. The Balaban J connectivity index is 3.85. The van der Waals surface area contributed by atoms with Crippen LogP contribution in [0.4, 0.5) is 0 Å². The summed E-state index contributed by atoms with van der Waals surface area (Å²) >= 11 is 0. The first-order chi connectivity index (χ1) is 40.8. The highest BCUT2D eigenvalue weighted by atomic mass is 31.2. The highest BCUT2D eigenvalue weighted by Crippen LogP contribution is 2.43. The lowest BCUT2D eigenvalue weighted by Gasteiger charge is -2.19. The van der Waals surface area contributed by atoms with Gasteiger partial charge in [-0.15, -0.1) is 0 Å². The van der Waals surface area contributed by atoms with Crippen LogP contribution in [-0.4, -0.2) is 49.3 Å². The summed E-state index contributed by atoms with van der Waals surface area (Å²) < 4.78 is 33.2. The van der Waals surface area contributed by atoms with E-state index in [9.17, 15) is 19.0 Å².